The number of amides is 1. The molecule has 3 rings (SSSR count). The average Bonchev–Trinajstić information content (AvgIpc) is 2.85. The van der Waals surface area contributed by atoms with Crippen LogP contribution in [0.15, 0.2) is 17.2 Å². The molecular formula is C13H16N4O3S. The summed E-state index contributed by atoms with van der Waals surface area (Å²) in [6.45, 7) is 5.93. The molecule has 0 bridgehead atoms. The number of nitrogens with zero attached hydrogens (tertiary/aromatic N) is 4. The van der Waals surface area contributed by atoms with Crippen LogP contribution in [0.4, 0.5) is 10.6 Å². The standard InChI is InChI=1S/C13H16N4O3S/c1-13(2,3)20-12(19)16-6-7-21-9-10(16)15-8-4-5-14-17(8)11(9)18/h4-5,18H,6-7H2,1-3H3. The summed E-state index contributed by atoms with van der Waals surface area (Å²) < 4.78 is 6.75. The van der Waals surface area contributed by atoms with Crippen molar-refractivity contribution in [3.63, 3.8) is 0 Å². The molecule has 1 aliphatic rings. The molecule has 0 saturated heterocycles. The molecule has 112 valence electrons. The number of aromatic nitrogens is 3. The number of carbonyl (C=O) groups excluding carboxylic acids is 1. The van der Waals surface area contributed by atoms with Gasteiger partial charge in [-0.1, -0.05) is 0 Å². The fourth-order valence-corrected chi connectivity index (χ4v) is 3.03. The topological polar surface area (TPSA) is 80.0 Å². The van der Waals surface area contributed by atoms with Gasteiger partial charge in [-0.25, -0.2) is 9.78 Å². The second-order valence-electron chi connectivity index (χ2n) is 5.67. The van der Waals surface area contributed by atoms with Gasteiger partial charge in [0.15, 0.2) is 11.5 Å². The lowest BCUT2D eigenvalue weighted by Crippen LogP contribution is -2.40. The minimum Gasteiger partial charge on any atom is -0.492 e. The molecule has 2 aromatic heterocycles. The van der Waals surface area contributed by atoms with E-state index < -0.39 is 11.7 Å². The summed E-state index contributed by atoms with van der Waals surface area (Å²) in [5, 5.41) is 14.3. The molecular weight excluding hydrogens is 292 g/mol. The Labute approximate surface area is 125 Å². The number of hydrogen-bond donors (Lipinski definition) is 1. The Hall–Kier alpha value is -1.96. The Morgan fingerprint density at radius 2 is 2.24 bits per heavy atom. The number of rotatable bonds is 0. The number of anilines is 1. The van der Waals surface area contributed by atoms with Crippen LogP contribution in [0.1, 0.15) is 20.8 Å². The van der Waals surface area contributed by atoms with Crippen LogP contribution in [0.25, 0.3) is 5.65 Å². The van der Waals surface area contributed by atoms with Crippen molar-refractivity contribution in [2.75, 3.05) is 17.2 Å². The van der Waals surface area contributed by atoms with Gasteiger partial charge in [0.05, 0.1) is 6.20 Å². The van der Waals surface area contributed by atoms with Crippen molar-refractivity contribution < 1.29 is 14.6 Å². The molecule has 2 aromatic rings. The molecule has 0 radical (unpaired) electrons. The third-order valence-electron chi connectivity index (χ3n) is 2.88. The fraction of sp³-hybridized carbons (Fsp3) is 0.462. The highest BCUT2D eigenvalue weighted by atomic mass is 32.2. The number of carbonyl (C=O) groups is 1. The van der Waals surface area contributed by atoms with Gasteiger partial charge in [0.1, 0.15) is 10.5 Å². The Kier molecular flexibility index (Phi) is 3.20. The summed E-state index contributed by atoms with van der Waals surface area (Å²) in [6.07, 6.45) is 1.09. The lowest BCUT2D eigenvalue weighted by molar-refractivity contribution is 0.0580. The van der Waals surface area contributed by atoms with Crippen molar-refractivity contribution in [1.82, 2.24) is 14.6 Å². The first-order valence-electron chi connectivity index (χ1n) is 6.57. The zero-order valence-corrected chi connectivity index (χ0v) is 12.8. The number of aromatic hydroxyl groups is 1. The van der Waals surface area contributed by atoms with Gasteiger partial charge in [0.25, 0.3) is 0 Å². The molecule has 0 aliphatic carbocycles. The van der Waals surface area contributed by atoms with Crippen molar-refractivity contribution in [3.05, 3.63) is 12.3 Å². The molecule has 7 nitrogen and oxygen atoms in total. The van der Waals surface area contributed by atoms with Gasteiger partial charge in [-0.2, -0.15) is 9.61 Å². The predicted molar refractivity (Wildman–Crippen MR) is 79.0 cm³/mol. The summed E-state index contributed by atoms with van der Waals surface area (Å²) in [5.74, 6) is 1.08. The van der Waals surface area contributed by atoms with Gasteiger partial charge in [-0.05, 0) is 20.8 Å². The van der Waals surface area contributed by atoms with Crippen LogP contribution in [0.2, 0.25) is 0 Å². The summed E-state index contributed by atoms with van der Waals surface area (Å²) in [5.41, 5.74) is -0.0905. The molecule has 8 heteroatoms. The van der Waals surface area contributed by atoms with Gasteiger partial charge in [-0.3, -0.25) is 4.90 Å². The fourth-order valence-electron chi connectivity index (χ4n) is 2.05. The molecule has 1 amide bonds. The number of ether oxygens (including phenoxy) is 1. The second kappa shape index (κ2) is 4.80. The predicted octanol–water partition coefficient (Wildman–Crippen LogP) is 2.28. The first-order chi connectivity index (χ1) is 9.87. The van der Waals surface area contributed by atoms with Crippen molar-refractivity contribution in [3.8, 4) is 5.88 Å². The van der Waals surface area contributed by atoms with Crippen LogP contribution in [0, 0.1) is 0 Å². The van der Waals surface area contributed by atoms with Crippen molar-refractivity contribution in [1.29, 1.82) is 0 Å². The number of hydrogen-bond acceptors (Lipinski definition) is 6. The van der Waals surface area contributed by atoms with E-state index in [-0.39, 0.29) is 5.88 Å². The van der Waals surface area contributed by atoms with Gasteiger partial charge in [-0.15, -0.1) is 11.8 Å². The van der Waals surface area contributed by atoms with Crippen LogP contribution < -0.4 is 4.90 Å². The highest BCUT2D eigenvalue weighted by Gasteiger charge is 2.31. The zero-order chi connectivity index (χ0) is 15.2. The lowest BCUT2D eigenvalue weighted by atomic mass is 10.2. The summed E-state index contributed by atoms with van der Waals surface area (Å²) in [6, 6.07) is 1.67. The summed E-state index contributed by atoms with van der Waals surface area (Å²) in [4.78, 5) is 18.7. The molecule has 0 fully saturated rings. The summed E-state index contributed by atoms with van der Waals surface area (Å²) in [7, 11) is 0. The van der Waals surface area contributed by atoms with Gasteiger partial charge in [0, 0.05) is 18.4 Å². The Bertz CT molecular complexity index is 707. The molecule has 1 aliphatic heterocycles. The lowest BCUT2D eigenvalue weighted by Gasteiger charge is -2.30. The molecule has 0 aromatic carbocycles. The van der Waals surface area contributed by atoms with Gasteiger partial charge >= 0.3 is 6.09 Å². The smallest absolute Gasteiger partial charge is 0.416 e. The Morgan fingerprint density at radius 1 is 1.48 bits per heavy atom. The van der Waals surface area contributed by atoms with Crippen LogP contribution in [0.3, 0.4) is 0 Å². The maximum Gasteiger partial charge on any atom is 0.416 e. The Balaban J connectivity index is 2.05. The summed E-state index contributed by atoms with van der Waals surface area (Å²) >= 11 is 1.45. The van der Waals surface area contributed by atoms with Gasteiger partial charge < -0.3 is 9.84 Å². The maximum absolute atomic E-state index is 12.3. The van der Waals surface area contributed by atoms with Gasteiger partial charge in [0.2, 0.25) is 5.88 Å². The molecule has 0 spiro atoms. The molecule has 1 N–H and O–H groups in total. The van der Waals surface area contributed by atoms with E-state index >= 15 is 0 Å². The third-order valence-corrected chi connectivity index (χ3v) is 3.92. The molecule has 0 unspecified atom stereocenters. The zero-order valence-electron chi connectivity index (χ0n) is 12.0. The molecule has 3 heterocycles. The first-order valence-corrected chi connectivity index (χ1v) is 7.55. The van der Waals surface area contributed by atoms with Crippen molar-refractivity contribution >= 4 is 29.3 Å². The maximum atomic E-state index is 12.3. The highest BCUT2D eigenvalue weighted by Crippen LogP contribution is 2.40. The SMILES string of the molecule is CC(C)(C)OC(=O)N1CCSc2c1nc1ccnn1c2O. The average molecular weight is 308 g/mol. The van der Waals surface area contributed by atoms with E-state index in [0.29, 0.717) is 28.7 Å². The van der Waals surface area contributed by atoms with Crippen LogP contribution in [-0.4, -0.2) is 43.7 Å². The number of fused-ring (bicyclic) bond motifs is 2. The minimum absolute atomic E-state index is 0.00161. The third kappa shape index (κ3) is 2.51. The second-order valence-corrected chi connectivity index (χ2v) is 6.77. The van der Waals surface area contributed by atoms with E-state index in [1.54, 1.807) is 12.3 Å². The van der Waals surface area contributed by atoms with Crippen LogP contribution in [0.5, 0.6) is 5.88 Å². The van der Waals surface area contributed by atoms with E-state index in [0.717, 1.165) is 0 Å². The van der Waals surface area contributed by atoms with Crippen LogP contribution >= 0.6 is 11.8 Å². The number of thioether (sulfide) groups is 1. The van der Waals surface area contributed by atoms with E-state index in [9.17, 15) is 9.90 Å². The highest BCUT2D eigenvalue weighted by molar-refractivity contribution is 7.99. The normalized spacial score (nSPS) is 15.1. The quantitative estimate of drug-likeness (QED) is 0.804. The molecule has 0 saturated carbocycles. The largest absolute Gasteiger partial charge is 0.492 e. The molecule has 21 heavy (non-hydrogen) atoms. The van der Waals surface area contributed by atoms with Crippen LogP contribution in [-0.2, 0) is 4.74 Å². The van der Waals surface area contributed by atoms with E-state index in [1.165, 1.54) is 21.2 Å². The Morgan fingerprint density at radius 3 is 2.95 bits per heavy atom. The van der Waals surface area contributed by atoms with E-state index in [1.807, 2.05) is 20.8 Å². The van der Waals surface area contributed by atoms with Crippen molar-refractivity contribution in [2.24, 2.45) is 0 Å². The van der Waals surface area contributed by atoms with E-state index in [2.05, 4.69) is 10.1 Å². The van der Waals surface area contributed by atoms with Crippen molar-refractivity contribution in [2.45, 2.75) is 31.3 Å². The monoisotopic (exact) mass is 308 g/mol. The molecule has 0 atom stereocenters. The first kappa shape index (κ1) is 14.0. The minimum atomic E-state index is -0.579. The van der Waals surface area contributed by atoms with E-state index in [4.69, 9.17) is 4.74 Å².